The van der Waals surface area contributed by atoms with Crippen molar-refractivity contribution in [3.63, 3.8) is 0 Å². The van der Waals surface area contributed by atoms with Gasteiger partial charge in [-0.15, -0.1) is 9.45 Å². The lowest BCUT2D eigenvalue weighted by molar-refractivity contribution is 0.108. The van der Waals surface area contributed by atoms with E-state index in [9.17, 15) is 4.39 Å². The maximum absolute atomic E-state index is 14.7. The van der Waals surface area contributed by atoms with E-state index in [1.165, 1.54) is 0 Å². The summed E-state index contributed by atoms with van der Waals surface area (Å²) in [6.07, 6.45) is 3.50. The molecule has 2 aromatic rings. The van der Waals surface area contributed by atoms with Crippen LogP contribution in [0.2, 0.25) is 0 Å². The third-order valence-corrected chi connectivity index (χ3v) is 6.93. The fourth-order valence-electron chi connectivity index (χ4n) is 3.62. The van der Waals surface area contributed by atoms with Crippen LogP contribution in [-0.4, -0.2) is 23.4 Å². The van der Waals surface area contributed by atoms with Crippen molar-refractivity contribution in [2.24, 2.45) is 0 Å². The van der Waals surface area contributed by atoms with Gasteiger partial charge in [0, 0.05) is 41.9 Å². The predicted molar refractivity (Wildman–Crippen MR) is 97.8 cm³/mol. The number of nitrogens with one attached hydrogen (secondary N) is 2. The van der Waals surface area contributed by atoms with Crippen molar-refractivity contribution in [1.82, 2.24) is 10.2 Å². The number of fused-ring (bicyclic) bond motifs is 1. The maximum Gasteiger partial charge on any atom is 0.152 e. The van der Waals surface area contributed by atoms with Gasteiger partial charge >= 0.3 is 0 Å². The molecule has 3 unspecified atom stereocenters. The fraction of sp³-hybridized carbons (Fsp3) is 0.471. The summed E-state index contributed by atoms with van der Waals surface area (Å²) < 4.78 is 20.1. The van der Waals surface area contributed by atoms with Crippen LogP contribution in [0.4, 0.5) is 15.9 Å². The predicted octanol–water partition coefficient (Wildman–Crippen LogP) is 3.67. The van der Waals surface area contributed by atoms with Crippen LogP contribution in [0.1, 0.15) is 42.0 Å². The van der Waals surface area contributed by atoms with Crippen LogP contribution in [0.3, 0.4) is 0 Å². The highest BCUT2D eigenvalue weighted by Gasteiger charge is 2.27. The average Bonchev–Trinajstić information content (AvgIpc) is 3.28. The third kappa shape index (κ3) is 3.00. The minimum Gasteiger partial charge on any atom is -0.381 e. The molecule has 3 atom stereocenters. The third-order valence-electron chi connectivity index (χ3n) is 4.98. The summed E-state index contributed by atoms with van der Waals surface area (Å²) in [6.45, 7) is 0. The van der Waals surface area contributed by atoms with Crippen LogP contribution < -0.4 is 5.32 Å². The zero-order chi connectivity index (χ0) is 16.7. The molecule has 2 N–H and O–H groups in total. The van der Waals surface area contributed by atoms with Gasteiger partial charge in [0.1, 0.15) is 0 Å². The molecule has 24 heavy (non-hydrogen) atoms. The largest absolute Gasteiger partial charge is 0.381 e. The van der Waals surface area contributed by atoms with Gasteiger partial charge in [-0.05, 0) is 30.9 Å². The molecule has 2 aliphatic rings. The van der Waals surface area contributed by atoms with Gasteiger partial charge in [0.15, 0.2) is 11.6 Å². The molecule has 7 heteroatoms. The van der Waals surface area contributed by atoms with E-state index < -0.39 is 0 Å². The van der Waals surface area contributed by atoms with E-state index in [-0.39, 0.29) is 15.3 Å². The van der Waals surface area contributed by atoms with Gasteiger partial charge in [-0.25, -0.2) is 4.39 Å². The molecule has 1 aromatic carbocycles. The van der Waals surface area contributed by atoms with Gasteiger partial charge in [-0.1, -0.05) is 17.3 Å². The zero-order valence-electron chi connectivity index (χ0n) is 13.5. The second-order valence-electron chi connectivity index (χ2n) is 6.49. The monoisotopic (exact) mass is 365 g/mol. The van der Waals surface area contributed by atoms with Crippen LogP contribution in [0, 0.1) is 5.82 Å². The number of aromatic amines is 1. The quantitative estimate of drug-likeness (QED) is 0.868. The van der Waals surface area contributed by atoms with Crippen molar-refractivity contribution >= 4 is 32.1 Å². The molecule has 0 amide bonds. The Morgan fingerprint density at radius 2 is 2.25 bits per heavy atom. The summed E-state index contributed by atoms with van der Waals surface area (Å²) in [5.41, 5.74) is 3.39. The molecule has 128 valence electrons. The van der Waals surface area contributed by atoms with Crippen molar-refractivity contribution in [3.05, 3.63) is 40.8 Å². The molecule has 1 aromatic heterocycles. The number of hydrogen-bond acceptors (Lipinski definition) is 4. The SMILES string of the molecule is COC1CCC(c2cc(Nc3ccc4c(c3F)CS(=S)C4)n[nH]2)C1. The summed E-state index contributed by atoms with van der Waals surface area (Å²) in [7, 11) is 1.61. The average molecular weight is 365 g/mol. The molecule has 1 saturated carbocycles. The molecule has 0 spiro atoms. The first-order valence-corrected chi connectivity index (χ1v) is 10.6. The smallest absolute Gasteiger partial charge is 0.152 e. The maximum atomic E-state index is 14.7. The van der Waals surface area contributed by atoms with E-state index in [0.29, 0.717) is 29.3 Å². The first-order valence-electron chi connectivity index (χ1n) is 8.14. The highest BCUT2D eigenvalue weighted by atomic mass is 32.8. The standard InChI is InChI=1S/C17H20FN3OS2/c1-22-12-4-2-10(6-12)15-7-16(21-20-15)19-14-5-3-11-8-24(23)9-13(11)17(14)18/h3,5,7,10,12H,2,4,6,8-9H2,1H3,(H2,19,20,21). The summed E-state index contributed by atoms with van der Waals surface area (Å²) in [5, 5.41) is 10.5. The first-order chi connectivity index (χ1) is 11.6. The van der Waals surface area contributed by atoms with Crippen LogP contribution in [-0.2, 0) is 36.9 Å². The Balaban J connectivity index is 1.51. The number of ether oxygens (including phenoxy) is 1. The van der Waals surface area contributed by atoms with Crippen LogP contribution in [0.15, 0.2) is 18.2 Å². The molecule has 0 saturated heterocycles. The number of benzene rings is 1. The second kappa shape index (κ2) is 6.54. The number of H-pyrrole nitrogens is 1. The van der Waals surface area contributed by atoms with Crippen LogP contribution in [0.5, 0.6) is 0 Å². The zero-order valence-corrected chi connectivity index (χ0v) is 15.1. The molecule has 2 heterocycles. The van der Waals surface area contributed by atoms with Crippen molar-refractivity contribution in [3.8, 4) is 0 Å². The van der Waals surface area contributed by atoms with E-state index in [2.05, 4.69) is 15.5 Å². The number of methoxy groups -OCH3 is 1. The van der Waals surface area contributed by atoms with Crippen molar-refractivity contribution in [2.45, 2.75) is 42.8 Å². The summed E-state index contributed by atoms with van der Waals surface area (Å²) in [4.78, 5) is 0. The minimum atomic E-state index is -0.183. The van der Waals surface area contributed by atoms with Crippen molar-refractivity contribution < 1.29 is 9.13 Å². The fourth-order valence-corrected chi connectivity index (χ4v) is 5.71. The Hall–Kier alpha value is -1.31. The number of nitrogens with zero attached hydrogens (tertiary/aromatic N) is 1. The molecule has 1 fully saturated rings. The Kier molecular flexibility index (Phi) is 4.40. The van der Waals surface area contributed by atoms with Gasteiger partial charge in [0.2, 0.25) is 0 Å². The molecular formula is C17H20FN3OS2. The van der Waals surface area contributed by atoms with Gasteiger partial charge in [0.25, 0.3) is 0 Å². The second-order valence-corrected chi connectivity index (χ2v) is 9.37. The van der Waals surface area contributed by atoms with E-state index >= 15 is 0 Å². The Morgan fingerprint density at radius 1 is 1.38 bits per heavy atom. The highest BCUT2D eigenvalue weighted by molar-refractivity contribution is 8.28. The highest BCUT2D eigenvalue weighted by Crippen LogP contribution is 2.36. The van der Waals surface area contributed by atoms with Gasteiger partial charge < -0.3 is 10.1 Å². The normalized spacial score (nSPS) is 25.8. The van der Waals surface area contributed by atoms with Gasteiger partial charge in [0.05, 0.1) is 11.8 Å². The number of rotatable bonds is 4. The number of hydrogen-bond donors (Lipinski definition) is 2. The van der Waals surface area contributed by atoms with Gasteiger partial charge in [-0.3, -0.25) is 5.10 Å². The van der Waals surface area contributed by atoms with Crippen LogP contribution in [0.25, 0.3) is 0 Å². The topological polar surface area (TPSA) is 49.9 Å². The van der Waals surface area contributed by atoms with E-state index in [4.69, 9.17) is 15.9 Å². The van der Waals surface area contributed by atoms with Crippen molar-refractivity contribution in [2.75, 3.05) is 12.4 Å². The molecule has 0 radical (unpaired) electrons. The molecule has 0 bridgehead atoms. The molecule has 4 rings (SSSR count). The van der Waals surface area contributed by atoms with E-state index in [1.54, 1.807) is 13.2 Å². The van der Waals surface area contributed by atoms with E-state index in [0.717, 1.165) is 41.8 Å². The Labute approximate surface area is 147 Å². The van der Waals surface area contributed by atoms with Crippen LogP contribution >= 0.6 is 0 Å². The first kappa shape index (κ1) is 16.2. The van der Waals surface area contributed by atoms with Gasteiger partial charge in [-0.2, -0.15) is 5.10 Å². The Bertz CT molecular complexity index is 792. The lowest BCUT2D eigenvalue weighted by Crippen LogP contribution is -2.04. The molecular weight excluding hydrogens is 345 g/mol. The molecule has 1 aliphatic heterocycles. The van der Waals surface area contributed by atoms with E-state index in [1.807, 2.05) is 12.1 Å². The summed E-state index contributed by atoms with van der Waals surface area (Å²) in [6, 6.07) is 5.75. The number of halogens is 1. The number of aromatic nitrogens is 2. The lowest BCUT2D eigenvalue weighted by Gasteiger charge is -2.08. The summed E-state index contributed by atoms with van der Waals surface area (Å²) in [5.74, 6) is 2.39. The lowest BCUT2D eigenvalue weighted by atomic mass is 10.0. The molecule has 4 nitrogen and oxygen atoms in total. The minimum absolute atomic E-state index is 0.155. The Morgan fingerprint density at radius 3 is 3.04 bits per heavy atom. The molecule has 1 aliphatic carbocycles. The van der Waals surface area contributed by atoms with Crippen molar-refractivity contribution in [1.29, 1.82) is 0 Å². The summed E-state index contributed by atoms with van der Waals surface area (Å²) >= 11 is 5.34. The number of anilines is 2.